The van der Waals surface area contributed by atoms with Crippen LogP contribution in [0.4, 0.5) is 16.2 Å². The summed E-state index contributed by atoms with van der Waals surface area (Å²) in [4.78, 5) is 35.3. The first-order valence-electron chi connectivity index (χ1n) is 9.00. The molecule has 0 unspecified atom stereocenters. The summed E-state index contributed by atoms with van der Waals surface area (Å²) in [5.74, 6) is -0.131. The molecule has 0 aromatic heterocycles. The molecule has 142 valence electrons. The second kappa shape index (κ2) is 8.69. The van der Waals surface area contributed by atoms with Crippen LogP contribution in [-0.4, -0.2) is 30.4 Å². The Morgan fingerprint density at radius 1 is 1.00 bits per heavy atom. The standard InChI is InChI=1S/C19H28N4O3/c1-19(2,3)17(25)20-12-4-5-16(24)21-13-6-8-14(9-7-13)22-18(26)23-15-10-11-15/h6-9,15H,4-5,10-12H2,1-3H3,(H,20,25)(H,21,24)(H2,22,23,26). The first-order chi connectivity index (χ1) is 12.2. The summed E-state index contributed by atoms with van der Waals surface area (Å²) in [5, 5.41) is 11.2. The minimum atomic E-state index is -0.423. The Morgan fingerprint density at radius 2 is 1.58 bits per heavy atom. The second-order valence-electron chi connectivity index (χ2n) is 7.61. The van der Waals surface area contributed by atoms with E-state index < -0.39 is 5.41 Å². The van der Waals surface area contributed by atoms with Crippen molar-refractivity contribution in [3.63, 3.8) is 0 Å². The maximum atomic E-state index is 11.9. The van der Waals surface area contributed by atoms with Gasteiger partial charge in [-0.05, 0) is 43.5 Å². The van der Waals surface area contributed by atoms with E-state index in [0.29, 0.717) is 36.8 Å². The van der Waals surface area contributed by atoms with E-state index >= 15 is 0 Å². The fourth-order valence-electron chi connectivity index (χ4n) is 2.16. The quantitative estimate of drug-likeness (QED) is 0.563. The topological polar surface area (TPSA) is 99.3 Å². The number of anilines is 2. The molecule has 4 amide bonds. The van der Waals surface area contributed by atoms with Crippen LogP contribution >= 0.6 is 0 Å². The van der Waals surface area contributed by atoms with E-state index in [9.17, 15) is 14.4 Å². The third-order valence-corrected chi connectivity index (χ3v) is 3.89. The molecule has 1 aliphatic rings. The molecule has 7 heteroatoms. The van der Waals surface area contributed by atoms with Crippen molar-refractivity contribution in [1.82, 2.24) is 10.6 Å². The number of benzene rings is 1. The zero-order valence-electron chi connectivity index (χ0n) is 15.6. The van der Waals surface area contributed by atoms with Crippen LogP contribution in [0, 0.1) is 5.41 Å². The van der Waals surface area contributed by atoms with Gasteiger partial charge in [0.15, 0.2) is 0 Å². The van der Waals surface area contributed by atoms with Crippen LogP contribution in [0.1, 0.15) is 46.5 Å². The van der Waals surface area contributed by atoms with Gasteiger partial charge in [-0.15, -0.1) is 0 Å². The number of rotatable bonds is 7. The van der Waals surface area contributed by atoms with Gasteiger partial charge in [0.05, 0.1) is 0 Å². The normalized spacial score (nSPS) is 13.7. The van der Waals surface area contributed by atoms with Crippen LogP contribution in [0.15, 0.2) is 24.3 Å². The Labute approximate surface area is 154 Å². The summed E-state index contributed by atoms with van der Waals surface area (Å²) >= 11 is 0. The van der Waals surface area contributed by atoms with Gasteiger partial charge in [0.1, 0.15) is 0 Å². The lowest BCUT2D eigenvalue weighted by molar-refractivity contribution is -0.128. The third-order valence-electron chi connectivity index (χ3n) is 3.89. The lowest BCUT2D eigenvalue weighted by Crippen LogP contribution is -2.35. The second-order valence-corrected chi connectivity index (χ2v) is 7.61. The van der Waals surface area contributed by atoms with Gasteiger partial charge in [-0.3, -0.25) is 9.59 Å². The van der Waals surface area contributed by atoms with Crippen LogP contribution in [0.5, 0.6) is 0 Å². The van der Waals surface area contributed by atoms with E-state index in [1.54, 1.807) is 24.3 Å². The van der Waals surface area contributed by atoms with Crippen molar-refractivity contribution in [1.29, 1.82) is 0 Å². The van der Waals surface area contributed by atoms with Gasteiger partial charge < -0.3 is 21.3 Å². The molecule has 1 aliphatic carbocycles. The van der Waals surface area contributed by atoms with Crippen molar-refractivity contribution < 1.29 is 14.4 Å². The summed E-state index contributed by atoms with van der Waals surface area (Å²) in [6, 6.07) is 7.07. The molecule has 1 fully saturated rings. The summed E-state index contributed by atoms with van der Waals surface area (Å²) in [6.45, 7) is 6.03. The zero-order chi connectivity index (χ0) is 19.2. The highest BCUT2D eigenvalue weighted by atomic mass is 16.2. The molecular weight excluding hydrogens is 332 g/mol. The van der Waals surface area contributed by atoms with Gasteiger partial charge >= 0.3 is 6.03 Å². The van der Waals surface area contributed by atoms with E-state index in [2.05, 4.69) is 21.3 Å². The largest absolute Gasteiger partial charge is 0.356 e. The van der Waals surface area contributed by atoms with Gasteiger partial charge in [-0.25, -0.2) is 4.79 Å². The lowest BCUT2D eigenvalue weighted by Gasteiger charge is -2.17. The number of urea groups is 1. The molecule has 0 spiro atoms. The molecule has 7 nitrogen and oxygen atoms in total. The van der Waals surface area contributed by atoms with E-state index in [-0.39, 0.29) is 17.8 Å². The maximum absolute atomic E-state index is 11.9. The zero-order valence-corrected chi connectivity index (χ0v) is 15.6. The van der Waals surface area contributed by atoms with Crippen LogP contribution < -0.4 is 21.3 Å². The predicted octanol–water partition coefficient (Wildman–Crippen LogP) is 2.85. The average Bonchev–Trinajstić information content (AvgIpc) is 3.36. The summed E-state index contributed by atoms with van der Waals surface area (Å²) in [6.07, 6.45) is 2.99. The van der Waals surface area contributed by atoms with Crippen molar-refractivity contribution in [2.75, 3.05) is 17.2 Å². The molecule has 0 atom stereocenters. The summed E-state index contributed by atoms with van der Waals surface area (Å²) < 4.78 is 0. The molecule has 0 heterocycles. The number of amides is 4. The van der Waals surface area contributed by atoms with Gasteiger partial charge in [0, 0.05) is 35.8 Å². The molecule has 4 N–H and O–H groups in total. The highest BCUT2D eigenvalue weighted by molar-refractivity contribution is 5.92. The third kappa shape index (κ3) is 7.13. The number of carbonyl (C=O) groups excluding carboxylic acids is 3. The van der Waals surface area contributed by atoms with Crippen LogP contribution in [-0.2, 0) is 9.59 Å². The summed E-state index contributed by atoms with van der Waals surface area (Å²) in [5.41, 5.74) is 0.918. The maximum Gasteiger partial charge on any atom is 0.319 e. The molecular formula is C19H28N4O3. The minimum absolute atomic E-state index is 0.0216. The van der Waals surface area contributed by atoms with Gasteiger partial charge in [0.2, 0.25) is 11.8 Å². The van der Waals surface area contributed by atoms with Crippen molar-refractivity contribution in [3.05, 3.63) is 24.3 Å². The monoisotopic (exact) mass is 360 g/mol. The molecule has 1 saturated carbocycles. The Morgan fingerprint density at radius 3 is 2.12 bits per heavy atom. The molecule has 1 aromatic rings. The van der Waals surface area contributed by atoms with Crippen LogP contribution in [0.2, 0.25) is 0 Å². The van der Waals surface area contributed by atoms with Crippen molar-refractivity contribution in [2.45, 2.75) is 52.5 Å². The Balaban J connectivity index is 1.66. The predicted molar refractivity (Wildman–Crippen MR) is 102 cm³/mol. The highest BCUT2D eigenvalue weighted by Gasteiger charge is 2.23. The molecule has 1 aromatic carbocycles. The number of hydrogen-bond donors (Lipinski definition) is 4. The molecule has 0 radical (unpaired) electrons. The highest BCUT2D eigenvalue weighted by Crippen LogP contribution is 2.19. The van der Waals surface area contributed by atoms with E-state index in [0.717, 1.165) is 12.8 Å². The Bertz CT molecular complexity index is 646. The first-order valence-corrected chi connectivity index (χ1v) is 9.00. The fraction of sp³-hybridized carbons (Fsp3) is 0.526. The van der Waals surface area contributed by atoms with Crippen molar-refractivity contribution in [2.24, 2.45) is 5.41 Å². The van der Waals surface area contributed by atoms with Gasteiger partial charge in [-0.1, -0.05) is 20.8 Å². The minimum Gasteiger partial charge on any atom is -0.356 e. The average molecular weight is 360 g/mol. The lowest BCUT2D eigenvalue weighted by atomic mass is 9.96. The smallest absolute Gasteiger partial charge is 0.319 e. The van der Waals surface area contributed by atoms with Gasteiger partial charge in [0.25, 0.3) is 0 Å². The SMILES string of the molecule is CC(C)(C)C(=O)NCCCC(=O)Nc1ccc(NC(=O)NC2CC2)cc1. The number of hydrogen-bond acceptors (Lipinski definition) is 3. The fourth-order valence-corrected chi connectivity index (χ4v) is 2.16. The molecule has 0 bridgehead atoms. The van der Waals surface area contributed by atoms with E-state index in [1.165, 1.54) is 0 Å². The van der Waals surface area contributed by atoms with Crippen LogP contribution in [0.25, 0.3) is 0 Å². The Hall–Kier alpha value is -2.57. The first kappa shape index (κ1) is 19.8. The molecule has 0 aliphatic heterocycles. The van der Waals surface area contributed by atoms with E-state index in [4.69, 9.17) is 0 Å². The van der Waals surface area contributed by atoms with Crippen molar-refractivity contribution >= 4 is 29.2 Å². The molecule has 0 saturated heterocycles. The van der Waals surface area contributed by atoms with Gasteiger partial charge in [-0.2, -0.15) is 0 Å². The number of nitrogens with one attached hydrogen (secondary N) is 4. The molecule has 2 rings (SSSR count). The Kier molecular flexibility index (Phi) is 6.60. The number of carbonyl (C=O) groups is 3. The van der Waals surface area contributed by atoms with Crippen molar-refractivity contribution in [3.8, 4) is 0 Å². The van der Waals surface area contributed by atoms with E-state index in [1.807, 2.05) is 20.8 Å². The summed E-state index contributed by atoms with van der Waals surface area (Å²) in [7, 11) is 0. The van der Waals surface area contributed by atoms with Crippen LogP contribution in [0.3, 0.4) is 0 Å². The molecule has 26 heavy (non-hydrogen) atoms.